The molecular weight excluding hydrogens is 260 g/mol. The largest absolute Gasteiger partial charge is 0.480 e. The third-order valence-electron chi connectivity index (χ3n) is 2.72. The zero-order valence-corrected chi connectivity index (χ0v) is 11.3. The van der Waals surface area contributed by atoms with Crippen LogP contribution in [-0.4, -0.2) is 31.3 Å². The monoisotopic (exact) mass is 278 g/mol. The number of ether oxygens (including phenoxy) is 1. The van der Waals surface area contributed by atoms with Gasteiger partial charge in [-0.15, -0.1) is 0 Å². The Labute approximate surface area is 117 Å². The highest BCUT2D eigenvalue weighted by atomic mass is 16.5. The van der Waals surface area contributed by atoms with Gasteiger partial charge in [-0.1, -0.05) is 29.4 Å². The van der Waals surface area contributed by atoms with Crippen LogP contribution in [0, 0.1) is 0 Å². The lowest BCUT2D eigenvalue weighted by Gasteiger charge is -2.15. The lowest BCUT2D eigenvalue weighted by atomic mass is 10.0. The fraction of sp³-hybridized carbons (Fsp3) is 0.462. The molecule has 1 aromatic carbocycles. The first-order valence-electron chi connectivity index (χ1n) is 6.24. The Morgan fingerprint density at radius 3 is 2.75 bits per heavy atom. The zero-order valence-electron chi connectivity index (χ0n) is 11.3. The molecule has 0 heterocycles. The number of rotatable bonds is 9. The number of hydrogen-bond acceptors (Lipinski definition) is 4. The molecule has 7 nitrogen and oxygen atoms in total. The summed E-state index contributed by atoms with van der Waals surface area (Å²) in [5.74, 6) is -0.937. The molecule has 0 aliphatic carbocycles. The minimum Gasteiger partial charge on any atom is -0.480 e. The van der Waals surface area contributed by atoms with Gasteiger partial charge in [0.05, 0.1) is 6.61 Å². The van der Waals surface area contributed by atoms with Crippen LogP contribution in [0.4, 0.5) is 0 Å². The van der Waals surface area contributed by atoms with Crippen molar-refractivity contribution in [3.8, 4) is 0 Å². The van der Waals surface area contributed by atoms with Gasteiger partial charge in [0.25, 0.3) is 0 Å². The number of carbonyl (C=O) groups is 1. The molecule has 2 N–H and O–H groups in total. The van der Waals surface area contributed by atoms with Crippen molar-refractivity contribution in [3.63, 3.8) is 0 Å². The van der Waals surface area contributed by atoms with Crippen LogP contribution in [0.25, 0.3) is 10.4 Å². The Morgan fingerprint density at radius 2 is 2.20 bits per heavy atom. The number of azide groups is 1. The van der Waals surface area contributed by atoms with Crippen LogP contribution < -0.4 is 5.32 Å². The van der Waals surface area contributed by atoms with E-state index in [9.17, 15) is 9.90 Å². The van der Waals surface area contributed by atoms with Crippen LogP contribution in [0.5, 0.6) is 0 Å². The molecule has 1 atom stereocenters. The van der Waals surface area contributed by atoms with Crippen molar-refractivity contribution in [2.75, 3.05) is 20.2 Å². The average molecular weight is 278 g/mol. The SMILES string of the molecule is COCc1ccc(C(NCCCN=[N+]=[N-])C(=O)O)cc1. The fourth-order valence-corrected chi connectivity index (χ4v) is 1.76. The van der Waals surface area contributed by atoms with E-state index in [0.717, 1.165) is 5.56 Å². The summed E-state index contributed by atoms with van der Waals surface area (Å²) in [5.41, 5.74) is 9.82. The normalized spacial score (nSPS) is 11.7. The van der Waals surface area contributed by atoms with E-state index in [1.807, 2.05) is 12.1 Å². The maximum Gasteiger partial charge on any atom is 0.325 e. The van der Waals surface area contributed by atoms with Gasteiger partial charge in [0.1, 0.15) is 6.04 Å². The fourth-order valence-electron chi connectivity index (χ4n) is 1.76. The molecule has 20 heavy (non-hydrogen) atoms. The lowest BCUT2D eigenvalue weighted by Crippen LogP contribution is -2.29. The first kappa shape index (κ1) is 16.0. The number of hydrogen-bond donors (Lipinski definition) is 2. The van der Waals surface area contributed by atoms with Gasteiger partial charge in [-0.3, -0.25) is 4.79 Å². The van der Waals surface area contributed by atoms with Crippen LogP contribution in [0.1, 0.15) is 23.6 Å². The molecule has 0 spiro atoms. The van der Waals surface area contributed by atoms with E-state index < -0.39 is 12.0 Å². The van der Waals surface area contributed by atoms with Crippen LogP contribution >= 0.6 is 0 Å². The topological polar surface area (TPSA) is 107 Å². The predicted octanol–water partition coefficient (Wildman–Crippen LogP) is 2.25. The molecule has 0 saturated heterocycles. The van der Waals surface area contributed by atoms with Gasteiger partial charge < -0.3 is 15.2 Å². The minimum atomic E-state index is -0.937. The van der Waals surface area contributed by atoms with Crippen molar-refractivity contribution in [1.82, 2.24) is 5.32 Å². The molecule has 1 aromatic rings. The van der Waals surface area contributed by atoms with Gasteiger partial charge in [0, 0.05) is 18.6 Å². The van der Waals surface area contributed by atoms with E-state index in [0.29, 0.717) is 31.7 Å². The summed E-state index contributed by atoms with van der Waals surface area (Å²) in [4.78, 5) is 13.9. The van der Waals surface area contributed by atoms with Crippen LogP contribution in [-0.2, 0) is 16.1 Å². The minimum absolute atomic E-state index is 0.350. The number of benzene rings is 1. The van der Waals surface area contributed by atoms with Crippen molar-refractivity contribution in [3.05, 3.63) is 45.8 Å². The Kier molecular flexibility index (Phi) is 7.13. The molecule has 1 unspecified atom stereocenters. The Bertz CT molecular complexity index is 469. The summed E-state index contributed by atoms with van der Waals surface area (Å²) in [6.45, 7) is 1.32. The Morgan fingerprint density at radius 1 is 1.50 bits per heavy atom. The number of nitrogens with one attached hydrogen (secondary N) is 1. The predicted molar refractivity (Wildman–Crippen MR) is 74.2 cm³/mol. The average Bonchev–Trinajstić information content (AvgIpc) is 2.44. The first-order valence-corrected chi connectivity index (χ1v) is 6.24. The van der Waals surface area contributed by atoms with Gasteiger partial charge >= 0.3 is 5.97 Å². The smallest absolute Gasteiger partial charge is 0.325 e. The van der Waals surface area contributed by atoms with Gasteiger partial charge in [-0.05, 0) is 29.6 Å². The Hall–Kier alpha value is -2.08. The summed E-state index contributed by atoms with van der Waals surface area (Å²) in [5, 5.41) is 15.6. The highest BCUT2D eigenvalue weighted by Gasteiger charge is 2.18. The number of methoxy groups -OCH3 is 1. The molecule has 0 aliphatic rings. The van der Waals surface area contributed by atoms with E-state index >= 15 is 0 Å². The summed E-state index contributed by atoms with van der Waals surface area (Å²) in [6.07, 6.45) is 0.593. The van der Waals surface area contributed by atoms with Crippen LogP contribution in [0.3, 0.4) is 0 Å². The number of nitrogens with zero attached hydrogens (tertiary/aromatic N) is 3. The van der Waals surface area contributed by atoms with E-state index in [4.69, 9.17) is 10.3 Å². The highest BCUT2D eigenvalue weighted by Crippen LogP contribution is 2.15. The molecule has 108 valence electrons. The summed E-state index contributed by atoms with van der Waals surface area (Å²) in [7, 11) is 1.61. The van der Waals surface area contributed by atoms with Gasteiger partial charge in [-0.2, -0.15) is 0 Å². The molecule has 0 aromatic heterocycles. The molecule has 0 saturated carbocycles. The van der Waals surface area contributed by atoms with Crippen molar-refractivity contribution >= 4 is 5.97 Å². The van der Waals surface area contributed by atoms with Gasteiger partial charge in [-0.25, -0.2) is 0 Å². The second-order valence-corrected chi connectivity index (χ2v) is 4.21. The van der Waals surface area contributed by atoms with Gasteiger partial charge in [0.2, 0.25) is 0 Å². The first-order chi connectivity index (χ1) is 9.69. The number of carboxylic acids is 1. The van der Waals surface area contributed by atoms with E-state index in [1.54, 1.807) is 19.2 Å². The number of aliphatic carboxylic acids is 1. The standard InChI is InChI=1S/C13H18N4O3/c1-20-9-10-3-5-11(6-4-10)12(13(18)19)15-7-2-8-16-17-14/h3-6,12,15H,2,7-9H2,1H3,(H,18,19). The molecule has 1 rings (SSSR count). The molecule has 0 radical (unpaired) electrons. The highest BCUT2D eigenvalue weighted by molar-refractivity contribution is 5.75. The number of carboxylic acid groups (broad SMARTS) is 1. The van der Waals surface area contributed by atoms with Crippen molar-refractivity contribution in [1.29, 1.82) is 0 Å². The quantitative estimate of drug-likeness (QED) is 0.312. The third-order valence-corrected chi connectivity index (χ3v) is 2.72. The Balaban J connectivity index is 2.60. The maximum absolute atomic E-state index is 11.3. The molecule has 0 bridgehead atoms. The molecule has 0 amide bonds. The van der Waals surface area contributed by atoms with Crippen LogP contribution in [0.2, 0.25) is 0 Å². The molecule has 0 fully saturated rings. The summed E-state index contributed by atoms with van der Waals surface area (Å²) >= 11 is 0. The summed E-state index contributed by atoms with van der Waals surface area (Å²) in [6, 6.07) is 6.46. The second-order valence-electron chi connectivity index (χ2n) is 4.21. The van der Waals surface area contributed by atoms with Crippen LogP contribution in [0.15, 0.2) is 29.4 Å². The third kappa shape index (κ3) is 5.27. The maximum atomic E-state index is 11.3. The van der Waals surface area contributed by atoms with E-state index in [1.165, 1.54) is 0 Å². The van der Waals surface area contributed by atoms with Gasteiger partial charge in [0.15, 0.2) is 0 Å². The summed E-state index contributed by atoms with van der Waals surface area (Å²) < 4.78 is 5.01. The van der Waals surface area contributed by atoms with E-state index in [2.05, 4.69) is 15.3 Å². The van der Waals surface area contributed by atoms with Crippen molar-refractivity contribution < 1.29 is 14.6 Å². The molecule has 7 heteroatoms. The zero-order chi connectivity index (χ0) is 14.8. The van der Waals surface area contributed by atoms with E-state index in [-0.39, 0.29) is 0 Å². The lowest BCUT2D eigenvalue weighted by molar-refractivity contribution is -0.139. The molecule has 0 aliphatic heterocycles. The van der Waals surface area contributed by atoms with Crippen molar-refractivity contribution in [2.24, 2.45) is 5.11 Å². The van der Waals surface area contributed by atoms with Crippen molar-refractivity contribution in [2.45, 2.75) is 19.1 Å². The molecular formula is C13H18N4O3. The second kappa shape index (κ2) is 8.92.